The van der Waals surface area contributed by atoms with Crippen LogP contribution in [0.4, 0.5) is 0 Å². The van der Waals surface area contributed by atoms with Gasteiger partial charge in [-0.2, -0.15) is 0 Å². The first-order valence-corrected chi connectivity index (χ1v) is 5.99. The number of rotatable bonds is 6. The summed E-state index contributed by atoms with van der Waals surface area (Å²) < 4.78 is 10.0. The van der Waals surface area contributed by atoms with Crippen molar-refractivity contribution in [1.82, 2.24) is 0 Å². The van der Waals surface area contributed by atoms with E-state index in [0.717, 1.165) is 6.29 Å². The van der Waals surface area contributed by atoms with E-state index < -0.39 is 5.97 Å². The van der Waals surface area contributed by atoms with Gasteiger partial charge in [-0.1, -0.05) is 22.0 Å². The van der Waals surface area contributed by atoms with Gasteiger partial charge in [0.05, 0.1) is 24.1 Å². The zero-order chi connectivity index (χ0) is 12.7. The topological polar surface area (TPSA) is 52.6 Å². The minimum Gasteiger partial charge on any atom is -0.494 e. The number of ether oxygens (including phenoxy) is 2. The van der Waals surface area contributed by atoms with Gasteiger partial charge in [0, 0.05) is 6.42 Å². The fourth-order valence-electron chi connectivity index (χ4n) is 1.19. The van der Waals surface area contributed by atoms with Crippen molar-refractivity contribution in [1.29, 1.82) is 0 Å². The maximum atomic E-state index is 11.3. The summed E-state index contributed by atoms with van der Waals surface area (Å²) in [5, 5.41) is 0. The number of methoxy groups -OCH3 is 1. The van der Waals surface area contributed by atoms with Crippen LogP contribution in [0.3, 0.4) is 0 Å². The van der Waals surface area contributed by atoms with Crippen molar-refractivity contribution < 1.29 is 19.1 Å². The van der Waals surface area contributed by atoms with Gasteiger partial charge in [0.2, 0.25) is 0 Å². The molecule has 17 heavy (non-hydrogen) atoms. The zero-order valence-corrected chi connectivity index (χ0v) is 11.0. The first kappa shape index (κ1) is 13.7. The Kier molecular flexibility index (Phi) is 5.69. The van der Waals surface area contributed by atoms with Crippen LogP contribution in [-0.4, -0.2) is 30.8 Å². The Bertz CT molecular complexity index is 392. The summed E-state index contributed by atoms with van der Waals surface area (Å²) >= 11 is 3.18. The number of carbonyl (C=O) groups excluding carboxylic acids is 2. The number of esters is 1. The van der Waals surface area contributed by atoms with Gasteiger partial charge in [-0.05, 0) is 18.2 Å². The van der Waals surface area contributed by atoms with E-state index in [1.54, 1.807) is 24.3 Å². The van der Waals surface area contributed by atoms with Gasteiger partial charge in [0.25, 0.3) is 0 Å². The number of alkyl halides is 1. The Morgan fingerprint density at radius 1 is 1.53 bits per heavy atom. The Labute approximate surface area is 108 Å². The van der Waals surface area contributed by atoms with Gasteiger partial charge in [0.15, 0.2) is 0 Å². The molecule has 0 aliphatic rings. The second-order valence-electron chi connectivity index (χ2n) is 3.31. The monoisotopic (exact) mass is 300 g/mol. The maximum Gasteiger partial charge on any atom is 0.337 e. The summed E-state index contributed by atoms with van der Waals surface area (Å²) in [5.41, 5.74) is 0.441. The van der Waals surface area contributed by atoms with Gasteiger partial charge in [-0.25, -0.2) is 4.79 Å². The summed E-state index contributed by atoms with van der Waals surface area (Å²) in [6.07, 6.45) is 1.39. The summed E-state index contributed by atoms with van der Waals surface area (Å²) in [7, 11) is 1.33. The SMILES string of the molecule is COC(=O)c1cccc(OCCC(Br)C=O)c1. The molecule has 1 aromatic rings. The zero-order valence-electron chi connectivity index (χ0n) is 9.39. The quantitative estimate of drug-likeness (QED) is 0.459. The number of hydrogen-bond donors (Lipinski definition) is 0. The number of aldehydes is 1. The van der Waals surface area contributed by atoms with E-state index in [2.05, 4.69) is 20.7 Å². The lowest BCUT2D eigenvalue weighted by Gasteiger charge is -2.07. The van der Waals surface area contributed by atoms with Crippen LogP contribution in [-0.2, 0) is 9.53 Å². The van der Waals surface area contributed by atoms with E-state index in [-0.39, 0.29) is 4.83 Å². The highest BCUT2D eigenvalue weighted by Crippen LogP contribution is 2.15. The van der Waals surface area contributed by atoms with Gasteiger partial charge < -0.3 is 14.3 Å². The normalized spacial score (nSPS) is 11.6. The van der Waals surface area contributed by atoms with E-state index in [1.807, 2.05) is 0 Å². The van der Waals surface area contributed by atoms with Crippen molar-refractivity contribution in [3.05, 3.63) is 29.8 Å². The first-order valence-electron chi connectivity index (χ1n) is 5.08. The predicted molar refractivity (Wildman–Crippen MR) is 66.7 cm³/mol. The van der Waals surface area contributed by atoms with E-state index in [1.165, 1.54) is 7.11 Å². The molecule has 0 radical (unpaired) electrons. The van der Waals surface area contributed by atoms with Crippen molar-refractivity contribution in [3.8, 4) is 5.75 Å². The van der Waals surface area contributed by atoms with Crippen molar-refractivity contribution in [2.45, 2.75) is 11.2 Å². The lowest BCUT2D eigenvalue weighted by molar-refractivity contribution is -0.107. The smallest absolute Gasteiger partial charge is 0.337 e. The molecule has 0 aromatic heterocycles. The highest BCUT2D eigenvalue weighted by molar-refractivity contribution is 9.09. The van der Waals surface area contributed by atoms with Crippen LogP contribution < -0.4 is 4.74 Å². The molecule has 0 heterocycles. The molecule has 0 aliphatic carbocycles. The second-order valence-corrected chi connectivity index (χ2v) is 4.48. The van der Waals surface area contributed by atoms with E-state index in [4.69, 9.17) is 4.74 Å². The van der Waals surface area contributed by atoms with Crippen LogP contribution >= 0.6 is 15.9 Å². The van der Waals surface area contributed by atoms with E-state index >= 15 is 0 Å². The number of hydrogen-bond acceptors (Lipinski definition) is 4. The molecule has 4 nitrogen and oxygen atoms in total. The van der Waals surface area contributed by atoms with E-state index in [0.29, 0.717) is 24.3 Å². The molecule has 92 valence electrons. The summed E-state index contributed by atoms with van der Waals surface area (Å²) in [6, 6.07) is 6.72. The molecule has 0 saturated heterocycles. The maximum absolute atomic E-state index is 11.3. The molecule has 1 aromatic carbocycles. The van der Waals surface area contributed by atoms with Crippen LogP contribution in [0.5, 0.6) is 5.75 Å². The van der Waals surface area contributed by atoms with Crippen LogP contribution in [0.1, 0.15) is 16.8 Å². The van der Waals surface area contributed by atoms with Crippen LogP contribution in [0.25, 0.3) is 0 Å². The highest BCUT2D eigenvalue weighted by Gasteiger charge is 2.06. The Morgan fingerprint density at radius 2 is 2.29 bits per heavy atom. The van der Waals surface area contributed by atoms with Gasteiger partial charge in [-0.3, -0.25) is 0 Å². The molecule has 0 N–H and O–H groups in total. The number of benzene rings is 1. The highest BCUT2D eigenvalue weighted by atomic mass is 79.9. The third kappa shape index (κ3) is 4.56. The fourth-order valence-corrected chi connectivity index (χ4v) is 1.38. The summed E-state index contributed by atoms with van der Waals surface area (Å²) in [5.74, 6) is 0.181. The molecule has 0 bridgehead atoms. The molecular weight excluding hydrogens is 288 g/mol. The van der Waals surface area contributed by atoms with Gasteiger partial charge >= 0.3 is 5.97 Å². The van der Waals surface area contributed by atoms with Crippen LogP contribution in [0.2, 0.25) is 0 Å². The molecule has 1 atom stereocenters. The average Bonchev–Trinajstić information content (AvgIpc) is 2.38. The number of carbonyl (C=O) groups is 2. The lowest BCUT2D eigenvalue weighted by atomic mass is 10.2. The molecular formula is C12H13BrO4. The van der Waals surface area contributed by atoms with Crippen molar-refractivity contribution in [2.75, 3.05) is 13.7 Å². The third-order valence-corrected chi connectivity index (χ3v) is 2.74. The molecule has 0 spiro atoms. The van der Waals surface area contributed by atoms with Gasteiger partial charge in [0.1, 0.15) is 12.0 Å². The Balaban J connectivity index is 2.54. The summed E-state index contributed by atoms with van der Waals surface area (Å²) in [6.45, 7) is 0.402. The second kappa shape index (κ2) is 7.06. The van der Waals surface area contributed by atoms with Crippen molar-refractivity contribution in [2.24, 2.45) is 0 Å². The minimum atomic E-state index is -0.401. The Hall–Kier alpha value is -1.36. The Morgan fingerprint density at radius 3 is 2.94 bits per heavy atom. The minimum absolute atomic E-state index is 0.203. The third-order valence-electron chi connectivity index (χ3n) is 2.07. The van der Waals surface area contributed by atoms with Crippen molar-refractivity contribution >= 4 is 28.2 Å². The molecule has 0 saturated carbocycles. The largest absolute Gasteiger partial charge is 0.494 e. The van der Waals surface area contributed by atoms with Gasteiger partial charge in [-0.15, -0.1) is 0 Å². The first-order chi connectivity index (χ1) is 8.17. The van der Waals surface area contributed by atoms with E-state index in [9.17, 15) is 9.59 Å². The molecule has 0 amide bonds. The average molecular weight is 301 g/mol. The molecule has 0 fully saturated rings. The molecule has 5 heteroatoms. The number of halogens is 1. The molecule has 1 unspecified atom stereocenters. The summed E-state index contributed by atoms with van der Waals surface area (Å²) in [4.78, 5) is 21.4. The van der Waals surface area contributed by atoms with Crippen LogP contribution in [0.15, 0.2) is 24.3 Å². The van der Waals surface area contributed by atoms with Crippen LogP contribution in [0, 0.1) is 0 Å². The molecule has 1 rings (SSSR count). The standard InChI is InChI=1S/C12H13BrO4/c1-16-12(15)9-3-2-4-11(7-9)17-6-5-10(13)8-14/h2-4,7-8,10H,5-6H2,1H3. The fraction of sp³-hybridized carbons (Fsp3) is 0.333. The molecule has 0 aliphatic heterocycles. The predicted octanol–water partition coefficient (Wildman–Crippen LogP) is 2.20. The van der Waals surface area contributed by atoms with Crippen molar-refractivity contribution in [3.63, 3.8) is 0 Å². The lowest BCUT2D eigenvalue weighted by Crippen LogP contribution is -2.07.